The maximum atomic E-state index is 11.7. The zero-order valence-corrected chi connectivity index (χ0v) is 15.5. The van der Waals surface area contributed by atoms with Gasteiger partial charge in [-0.05, 0) is 24.6 Å². The van der Waals surface area contributed by atoms with E-state index < -0.39 is 0 Å². The van der Waals surface area contributed by atoms with Gasteiger partial charge >= 0.3 is 0 Å². The Hall–Kier alpha value is -1.36. The number of unbranched alkanes of at least 4 members (excludes halogenated alkanes) is 7. The van der Waals surface area contributed by atoms with Crippen molar-refractivity contribution in [2.75, 3.05) is 12.3 Å². The van der Waals surface area contributed by atoms with E-state index in [-0.39, 0.29) is 17.4 Å². The minimum Gasteiger partial charge on any atom is -0.504 e. The minimum absolute atomic E-state index is 0.112. The van der Waals surface area contributed by atoms with E-state index in [1.807, 2.05) is 0 Å². The monoisotopic (exact) mass is 353 g/mol. The van der Waals surface area contributed by atoms with E-state index in [0.29, 0.717) is 13.0 Å². The highest BCUT2D eigenvalue weighted by molar-refractivity contribution is 7.99. The summed E-state index contributed by atoms with van der Waals surface area (Å²) in [6.45, 7) is 2.84. The van der Waals surface area contributed by atoms with Crippen molar-refractivity contribution in [3.63, 3.8) is 0 Å². The molecule has 0 unspecified atom stereocenters. The lowest BCUT2D eigenvalue weighted by atomic mass is 10.1. The summed E-state index contributed by atoms with van der Waals surface area (Å²) in [6, 6.07) is 4.75. The highest BCUT2D eigenvalue weighted by Crippen LogP contribution is 2.29. The van der Waals surface area contributed by atoms with Gasteiger partial charge in [-0.3, -0.25) is 4.79 Å². The molecule has 1 amide bonds. The van der Waals surface area contributed by atoms with Crippen LogP contribution < -0.4 is 5.32 Å². The maximum absolute atomic E-state index is 11.7. The minimum atomic E-state index is -0.113. The van der Waals surface area contributed by atoms with Crippen LogP contribution in [0.1, 0.15) is 64.7 Å². The van der Waals surface area contributed by atoms with Crippen LogP contribution in [0.2, 0.25) is 0 Å². The number of benzene rings is 1. The summed E-state index contributed by atoms with van der Waals surface area (Å²) < 4.78 is 0. The van der Waals surface area contributed by atoms with Gasteiger partial charge in [0, 0.05) is 23.6 Å². The molecule has 0 saturated heterocycles. The van der Waals surface area contributed by atoms with Crippen LogP contribution in [0.3, 0.4) is 0 Å². The first kappa shape index (κ1) is 20.7. The Morgan fingerprint density at radius 1 is 1.00 bits per heavy atom. The van der Waals surface area contributed by atoms with E-state index >= 15 is 0 Å². The summed E-state index contributed by atoms with van der Waals surface area (Å²) in [6.07, 6.45) is 10.5. The third kappa shape index (κ3) is 9.71. The molecule has 5 heteroatoms. The van der Waals surface area contributed by atoms with E-state index in [9.17, 15) is 15.0 Å². The van der Waals surface area contributed by atoms with Gasteiger partial charge in [-0.1, -0.05) is 51.9 Å². The molecule has 0 radical (unpaired) electrons. The lowest BCUT2D eigenvalue weighted by molar-refractivity contribution is -0.121. The zero-order chi connectivity index (χ0) is 17.6. The number of hydrogen-bond acceptors (Lipinski definition) is 4. The number of carbonyl (C=O) groups excluding carboxylic acids is 1. The predicted octanol–water partition coefficient (Wildman–Crippen LogP) is 4.84. The second-order valence-corrected chi connectivity index (χ2v) is 7.24. The standard InChI is InChI=1S/C19H31NO3S/c1-2-3-4-5-6-7-8-9-10-19(23)20-13-14-24-16-11-12-17(21)18(22)15-16/h11-12,15,21-22H,2-10,13-14H2,1H3,(H,20,23). The number of phenols is 2. The number of amides is 1. The van der Waals surface area contributed by atoms with Crippen LogP contribution in [0, 0.1) is 0 Å². The van der Waals surface area contributed by atoms with E-state index in [1.54, 1.807) is 17.8 Å². The van der Waals surface area contributed by atoms with Gasteiger partial charge in [-0.15, -0.1) is 11.8 Å². The smallest absolute Gasteiger partial charge is 0.220 e. The summed E-state index contributed by atoms with van der Waals surface area (Å²) in [4.78, 5) is 12.6. The molecule has 24 heavy (non-hydrogen) atoms. The van der Waals surface area contributed by atoms with Gasteiger partial charge < -0.3 is 15.5 Å². The largest absolute Gasteiger partial charge is 0.504 e. The predicted molar refractivity (Wildman–Crippen MR) is 101 cm³/mol. The SMILES string of the molecule is CCCCCCCCCCC(=O)NCCSc1ccc(O)c(O)c1. The first-order valence-electron chi connectivity index (χ1n) is 9.05. The van der Waals surface area contributed by atoms with Gasteiger partial charge in [0.15, 0.2) is 11.5 Å². The van der Waals surface area contributed by atoms with Crippen molar-refractivity contribution in [2.45, 2.75) is 69.6 Å². The van der Waals surface area contributed by atoms with Gasteiger partial charge in [-0.2, -0.15) is 0 Å². The number of phenolic OH excluding ortho intramolecular Hbond substituents is 2. The van der Waals surface area contributed by atoms with Gasteiger partial charge in [0.25, 0.3) is 0 Å². The first-order valence-corrected chi connectivity index (χ1v) is 10.0. The third-order valence-electron chi connectivity index (χ3n) is 3.90. The molecule has 0 heterocycles. The van der Waals surface area contributed by atoms with E-state index in [0.717, 1.165) is 23.5 Å². The van der Waals surface area contributed by atoms with Crippen molar-refractivity contribution in [3.8, 4) is 11.5 Å². The molecular formula is C19H31NO3S. The molecule has 3 N–H and O–H groups in total. The summed E-state index contributed by atoms with van der Waals surface area (Å²) >= 11 is 1.54. The summed E-state index contributed by atoms with van der Waals surface area (Å²) in [5.41, 5.74) is 0. The molecule has 0 aliphatic heterocycles. The van der Waals surface area contributed by atoms with Gasteiger partial charge in [0.2, 0.25) is 5.91 Å². The molecule has 0 aliphatic rings. The molecule has 0 bridgehead atoms. The molecule has 1 aromatic carbocycles. The second-order valence-electron chi connectivity index (χ2n) is 6.07. The van der Waals surface area contributed by atoms with Crippen LogP contribution in [0.25, 0.3) is 0 Å². The number of hydrogen-bond donors (Lipinski definition) is 3. The Kier molecular flexibility index (Phi) is 11.2. The van der Waals surface area contributed by atoms with Crippen molar-refractivity contribution in [3.05, 3.63) is 18.2 Å². The van der Waals surface area contributed by atoms with Crippen LogP contribution in [0.5, 0.6) is 11.5 Å². The Morgan fingerprint density at radius 3 is 2.33 bits per heavy atom. The van der Waals surface area contributed by atoms with E-state index in [2.05, 4.69) is 12.2 Å². The Labute approximate surface area is 150 Å². The lowest BCUT2D eigenvalue weighted by Gasteiger charge is -2.06. The van der Waals surface area contributed by atoms with Crippen LogP contribution in [-0.2, 0) is 4.79 Å². The first-order chi connectivity index (χ1) is 11.6. The number of aromatic hydroxyl groups is 2. The molecular weight excluding hydrogens is 322 g/mol. The van der Waals surface area contributed by atoms with Crippen LogP contribution in [-0.4, -0.2) is 28.4 Å². The van der Waals surface area contributed by atoms with Crippen molar-refractivity contribution < 1.29 is 15.0 Å². The molecule has 4 nitrogen and oxygen atoms in total. The summed E-state index contributed by atoms with van der Waals surface area (Å²) in [5.74, 6) is 0.639. The number of carbonyl (C=O) groups is 1. The van der Waals surface area contributed by atoms with Crippen LogP contribution in [0.4, 0.5) is 0 Å². The average molecular weight is 354 g/mol. The highest BCUT2D eigenvalue weighted by Gasteiger charge is 2.03. The Balaban J connectivity index is 1.97. The maximum Gasteiger partial charge on any atom is 0.220 e. The molecule has 1 rings (SSSR count). The molecule has 0 atom stereocenters. The number of rotatable bonds is 13. The molecule has 0 aliphatic carbocycles. The van der Waals surface area contributed by atoms with Crippen molar-refractivity contribution in [2.24, 2.45) is 0 Å². The Morgan fingerprint density at radius 2 is 1.67 bits per heavy atom. The fourth-order valence-electron chi connectivity index (χ4n) is 2.46. The van der Waals surface area contributed by atoms with Gasteiger partial charge in [-0.25, -0.2) is 0 Å². The molecule has 0 spiro atoms. The quantitative estimate of drug-likeness (QED) is 0.270. The average Bonchev–Trinajstić information content (AvgIpc) is 2.57. The van der Waals surface area contributed by atoms with Crippen molar-refractivity contribution >= 4 is 17.7 Å². The third-order valence-corrected chi connectivity index (χ3v) is 4.89. The molecule has 0 saturated carbocycles. The lowest BCUT2D eigenvalue weighted by Crippen LogP contribution is -2.25. The van der Waals surface area contributed by atoms with Gasteiger partial charge in [0.1, 0.15) is 0 Å². The second kappa shape index (κ2) is 13.0. The number of thioether (sulfide) groups is 1. The molecule has 0 aromatic heterocycles. The van der Waals surface area contributed by atoms with Crippen LogP contribution in [0.15, 0.2) is 23.1 Å². The summed E-state index contributed by atoms with van der Waals surface area (Å²) in [7, 11) is 0. The Bertz CT molecular complexity index is 480. The fourth-order valence-corrected chi connectivity index (χ4v) is 3.26. The fraction of sp³-hybridized carbons (Fsp3) is 0.632. The highest BCUT2D eigenvalue weighted by atomic mass is 32.2. The molecule has 0 fully saturated rings. The normalized spacial score (nSPS) is 10.7. The summed E-state index contributed by atoms with van der Waals surface area (Å²) in [5, 5.41) is 21.6. The molecule has 136 valence electrons. The van der Waals surface area contributed by atoms with E-state index in [1.165, 1.54) is 50.7 Å². The number of nitrogens with one attached hydrogen (secondary N) is 1. The van der Waals surface area contributed by atoms with Gasteiger partial charge in [0.05, 0.1) is 0 Å². The van der Waals surface area contributed by atoms with Crippen LogP contribution >= 0.6 is 11.8 Å². The topological polar surface area (TPSA) is 69.6 Å². The molecule has 1 aromatic rings. The van der Waals surface area contributed by atoms with Crippen molar-refractivity contribution in [1.29, 1.82) is 0 Å². The van der Waals surface area contributed by atoms with E-state index in [4.69, 9.17) is 0 Å². The van der Waals surface area contributed by atoms with Crippen molar-refractivity contribution in [1.82, 2.24) is 5.32 Å². The zero-order valence-electron chi connectivity index (χ0n) is 14.7.